The third-order valence-corrected chi connectivity index (χ3v) is 4.37. The van der Waals surface area contributed by atoms with Crippen LogP contribution in [-0.2, 0) is 38.1 Å². The Kier molecular flexibility index (Phi) is 8.68. The number of ether oxygens (including phenoxy) is 5. The lowest BCUT2D eigenvalue weighted by Crippen LogP contribution is -2.67. The fourth-order valence-electron chi connectivity index (χ4n) is 3.17. The number of non-ortho nitro benzene ring substituents is 1. The van der Waals surface area contributed by atoms with Crippen molar-refractivity contribution in [2.75, 3.05) is 6.61 Å². The highest BCUT2D eigenvalue weighted by molar-refractivity contribution is 5.73. The number of rotatable bonds is 8. The lowest BCUT2D eigenvalue weighted by atomic mass is 9.96. The quantitative estimate of drug-likeness (QED) is 0.246. The molecule has 13 nitrogen and oxygen atoms in total. The third kappa shape index (κ3) is 7.42. The molecule has 0 bridgehead atoms. The summed E-state index contributed by atoms with van der Waals surface area (Å²) in [6, 6.07) is 3.87. The maximum absolute atomic E-state index is 11.9. The summed E-state index contributed by atoms with van der Waals surface area (Å²) in [7, 11) is 0. The number of hydrogen-bond donors (Lipinski definition) is 1. The normalized spacial score (nSPS) is 24.2. The lowest BCUT2D eigenvalue weighted by molar-refractivity contribution is -0.384. The van der Waals surface area contributed by atoms with E-state index in [0.29, 0.717) is 0 Å². The Labute approximate surface area is 188 Å². The topological polar surface area (TPSA) is 170 Å². The molecule has 1 aliphatic rings. The molecule has 1 aromatic rings. The second-order valence-corrected chi connectivity index (χ2v) is 7.09. The van der Waals surface area contributed by atoms with Gasteiger partial charge in [-0.2, -0.15) is 0 Å². The minimum atomic E-state index is -1.31. The SMILES string of the molecule is CC(=O)N[C@@H]1[C@@H](Oc2ccc([N+](=O)[O-])cc2)O[C@@H](COC(C)=O)[C@@H](OC(C)=O)[C@@H]1OC(C)=O. The molecule has 180 valence electrons. The Balaban J connectivity index is 2.43. The van der Waals surface area contributed by atoms with Gasteiger partial charge in [0, 0.05) is 39.8 Å². The molecule has 1 amide bonds. The summed E-state index contributed by atoms with van der Waals surface area (Å²) in [6.07, 6.45) is -4.96. The maximum Gasteiger partial charge on any atom is 0.303 e. The highest BCUT2D eigenvalue weighted by Gasteiger charge is 2.51. The van der Waals surface area contributed by atoms with Gasteiger partial charge in [0.2, 0.25) is 12.2 Å². The summed E-state index contributed by atoms with van der Waals surface area (Å²) in [6.45, 7) is 4.24. The Morgan fingerprint density at radius 1 is 0.970 bits per heavy atom. The average molecular weight is 468 g/mol. The van der Waals surface area contributed by atoms with E-state index in [1.54, 1.807) is 0 Å². The highest BCUT2D eigenvalue weighted by atomic mass is 16.7. The predicted octanol–water partition coefficient (Wildman–Crippen LogP) is 0.630. The first kappa shape index (κ1) is 25.5. The molecule has 0 radical (unpaired) electrons. The van der Waals surface area contributed by atoms with Crippen molar-refractivity contribution >= 4 is 29.5 Å². The first-order valence-electron chi connectivity index (χ1n) is 9.79. The van der Waals surface area contributed by atoms with Gasteiger partial charge < -0.3 is 29.0 Å². The Morgan fingerprint density at radius 2 is 1.55 bits per heavy atom. The summed E-state index contributed by atoms with van der Waals surface area (Å²) < 4.78 is 27.2. The second kappa shape index (κ2) is 11.2. The van der Waals surface area contributed by atoms with Crippen molar-refractivity contribution in [2.24, 2.45) is 0 Å². The fourth-order valence-corrected chi connectivity index (χ4v) is 3.17. The van der Waals surface area contributed by atoms with Crippen LogP contribution in [0.5, 0.6) is 5.75 Å². The van der Waals surface area contributed by atoms with E-state index < -0.39 is 59.4 Å². The van der Waals surface area contributed by atoms with Crippen molar-refractivity contribution in [2.45, 2.75) is 58.3 Å². The molecule has 1 aliphatic heterocycles. The molecule has 1 saturated heterocycles. The van der Waals surface area contributed by atoms with E-state index in [2.05, 4.69) is 5.32 Å². The molecule has 0 aromatic heterocycles. The predicted molar refractivity (Wildman–Crippen MR) is 108 cm³/mol. The molecule has 13 heteroatoms. The van der Waals surface area contributed by atoms with Crippen LogP contribution in [0.4, 0.5) is 5.69 Å². The molecule has 0 spiro atoms. The minimum Gasteiger partial charge on any atom is -0.463 e. The lowest BCUT2D eigenvalue weighted by Gasteiger charge is -2.44. The number of nitro groups is 1. The highest BCUT2D eigenvalue weighted by Crippen LogP contribution is 2.29. The minimum absolute atomic E-state index is 0.139. The zero-order valence-corrected chi connectivity index (χ0v) is 18.3. The average Bonchev–Trinajstić information content (AvgIpc) is 2.70. The summed E-state index contributed by atoms with van der Waals surface area (Å²) in [5.41, 5.74) is -0.175. The van der Waals surface area contributed by atoms with Crippen LogP contribution in [0.25, 0.3) is 0 Å². The van der Waals surface area contributed by atoms with E-state index in [1.165, 1.54) is 31.2 Å². The van der Waals surface area contributed by atoms with Gasteiger partial charge in [-0.05, 0) is 12.1 Å². The van der Waals surface area contributed by atoms with E-state index in [9.17, 15) is 29.3 Å². The van der Waals surface area contributed by atoms with E-state index in [1.807, 2.05) is 0 Å². The first-order valence-corrected chi connectivity index (χ1v) is 9.79. The summed E-state index contributed by atoms with van der Waals surface area (Å²) >= 11 is 0. The van der Waals surface area contributed by atoms with Gasteiger partial charge in [0.15, 0.2) is 12.2 Å². The summed E-state index contributed by atoms with van der Waals surface area (Å²) in [5.74, 6) is -2.50. The van der Waals surface area contributed by atoms with Crippen molar-refractivity contribution in [3.05, 3.63) is 34.4 Å². The van der Waals surface area contributed by atoms with Gasteiger partial charge in [-0.3, -0.25) is 29.3 Å². The van der Waals surface area contributed by atoms with E-state index in [4.69, 9.17) is 23.7 Å². The zero-order chi connectivity index (χ0) is 24.7. The molecule has 1 fully saturated rings. The van der Waals surface area contributed by atoms with Crippen LogP contribution in [0.2, 0.25) is 0 Å². The first-order chi connectivity index (χ1) is 15.5. The van der Waals surface area contributed by atoms with Crippen molar-refractivity contribution in [3.63, 3.8) is 0 Å². The van der Waals surface area contributed by atoms with E-state index in [0.717, 1.165) is 20.8 Å². The number of esters is 3. The van der Waals surface area contributed by atoms with Gasteiger partial charge in [0.25, 0.3) is 5.69 Å². The zero-order valence-electron chi connectivity index (χ0n) is 18.3. The molecule has 1 N–H and O–H groups in total. The molecule has 0 saturated carbocycles. The molecule has 1 aromatic carbocycles. The number of carbonyl (C=O) groups excluding carboxylic acids is 4. The van der Waals surface area contributed by atoms with Crippen molar-refractivity contribution in [3.8, 4) is 5.75 Å². The maximum atomic E-state index is 11.9. The standard InChI is InChI=1S/C20H24N2O11/c1-10(23)21-17-19(31-13(4)26)18(30-12(3)25)16(9-29-11(2)24)33-20(17)32-15-7-5-14(6-8-15)22(27)28/h5-8,16-20H,9H2,1-4H3,(H,21,23)/t16-,17-,18+,19+,20-/m0/s1. The van der Waals surface area contributed by atoms with E-state index in [-0.39, 0.29) is 18.0 Å². The van der Waals surface area contributed by atoms with Gasteiger partial charge in [0.05, 0.1) is 4.92 Å². The monoisotopic (exact) mass is 468 g/mol. The number of hydrogen-bond acceptors (Lipinski definition) is 11. The Bertz CT molecular complexity index is 902. The summed E-state index contributed by atoms with van der Waals surface area (Å²) in [5, 5.41) is 13.4. The van der Waals surface area contributed by atoms with Crippen LogP contribution in [-0.4, -0.2) is 66.0 Å². The largest absolute Gasteiger partial charge is 0.463 e. The summed E-state index contributed by atoms with van der Waals surface area (Å²) in [4.78, 5) is 57.0. The Hall–Kier alpha value is -3.74. The molecule has 0 unspecified atom stereocenters. The van der Waals surface area contributed by atoms with Gasteiger partial charge in [0.1, 0.15) is 24.5 Å². The second-order valence-electron chi connectivity index (χ2n) is 7.09. The van der Waals surface area contributed by atoms with Gasteiger partial charge >= 0.3 is 17.9 Å². The number of carbonyl (C=O) groups is 4. The number of nitro benzene ring substituents is 1. The molecule has 2 rings (SSSR count). The molecule has 5 atom stereocenters. The molecule has 0 aliphatic carbocycles. The number of benzene rings is 1. The third-order valence-electron chi connectivity index (χ3n) is 4.37. The van der Waals surface area contributed by atoms with Crippen LogP contribution in [0.15, 0.2) is 24.3 Å². The Morgan fingerprint density at radius 3 is 2.03 bits per heavy atom. The van der Waals surface area contributed by atoms with Crippen LogP contribution < -0.4 is 10.1 Å². The fraction of sp³-hybridized carbons (Fsp3) is 0.500. The van der Waals surface area contributed by atoms with Gasteiger partial charge in [-0.1, -0.05) is 0 Å². The number of nitrogens with zero attached hydrogens (tertiary/aromatic N) is 1. The molecular weight excluding hydrogens is 444 g/mol. The smallest absolute Gasteiger partial charge is 0.303 e. The molecule has 1 heterocycles. The molecule has 33 heavy (non-hydrogen) atoms. The van der Waals surface area contributed by atoms with Gasteiger partial charge in [-0.15, -0.1) is 0 Å². The molecular formula is C20H24N2O11. The van der Waals surface area contributed by atoms with Crippen molar-refractivity contribution in [1.82, 2.24) is 5.32 Å². The van der Waals surface area contributed by atoms with Crippen molar-refractivity contribution in [1.29, 1.82) is 0 Å². The van der Waals surface area contributed by atoms with Crippen LogP contribution in [0.3, 0.4) is 0 Å². The van der Waals surface area contributed by atoms with Crippen LogP contribution in [0.1, 0.15) is 27.7 Å². The van der Waals surface area contributed by atoms with Crippen LogP contribution in [0, 0.1) is 10.1 Å². The number of amides is 1. The van der Waals surface area contributed by atoms with Crippen molar-refractivity contribution < 1.29 is 47.8 Å². The number of nitrogens with one attached hydrogen (secondary N) is 1. The van der Waals surface area contributed by atoms with Gasteiger partial charge in [-0.25, -0.2) is 0 Å². The van der Waals surface area contributed by atoms with E-state index >= 15 is 0 Å². The van der Waals surface area contributed by atoms with Crippen LogP contribution >= 0.6 is 0 Å².